The van der Waals surface area contributed by atoms with Crippen LogP contribution in [0.2, 0.25) is 5.02 Å². The van der Waals surface area contributed by atoms with Crippen LogP contribution < -0.4 is 4.74 Å². The highest BCUT2D eigenvalue weighted by atomic mass is 35.5. The number of amides is 1. The average Bonchev–Trinajstić information content (AvgIpc) is 2.48. The van der Waals surface area contributed by atoms with Crippen molar-refractivity contribution in [3.63, 3.8) is 0 Å². The fourth-order valence-corrected chi connectivity index (χ4v) is 1.86. The Morgan fingerprint density at radius 3 is 2.48 bits per heavy atom. The minimum Gasteiger partial charge on any atom is -0.482 e. The fraction of sp³-hybridized carbons (Fsp3) is 0.400. The lowest BCUT2D eigenvalue weighted by Gasteiger charge is -2.20. The zero-order valence-electron chi connectivity index (χ0n) is 11.8. The highest BCUT2D eigenvalue weighted by molar-refractivity contribution is 6.32. The zero-order chi connectivity index (χ0) is 15.7. The third kappa shape index (κ3) is 5.72. The molecular formula is C15H16ClN3O2. The van der Waals surface area contributed by atoms with Crippen molar-refractivity contribution in [3.05, 3.63) is 28.8 Å². The van der Waals surface area contributed by atoms with Crippen molar-refractivity contribution in [2.75, 3.05) is 19.7 Å². The van der Waals surface area contributed by atoms with Crippen molar-refractivity contribution in [2.24, 2.45) is 0 Å². The molecule has 0 spiro atoms. The molecule has 0 saturated carbocycles. The normalized spacial score (nSPS) is 9.52. The summed E-state index contributed by atoms with van der Waals surface area (Å²) in [6, 6.07) is 9.28. The Morgan fingerprint density at radius 2 is 1.90 bits per heavy atom. The van der Waals surface area contributed by atoms with Crippen LogP contribution in [0.3, 0.4) is 0 Å². The Balaban J connectivity index is 2.62. The van der Waals surface area contributed by atoms with Crippen molar-refractivity contribution in [1.82, 2.24) is 4.90 Å². The molecule has 0 aliphatic carbocycles. The van der Waals surface area contributed by atoms with Crippen LogP contribution in [0, 0.1) is 29.6 Å². The molecule has 0 N–H and O–H groups in total. The molecule has 0 atom stereocenters. The summed E-state index contributed by atoms with van der Waals surface area (Å²) >= 11 is 5.99. The summed E-state index contributed by atoms with van der Waals surface area (Å²) in [4.78, 5) is 13.5. The maximum absolute atomic E-state index is 12.1. The van der Waals surface area contributed by atoms with Crippen molar-refractivity contribution in [2.45, 2.75) is 19.8 Å². The summed E-state index contributed by atoms with van der Waals surface area (Å²) in [7, 11) is 0. The average molecular weight is 306 g/mol. The summed E-state index contributed by atoms with van der Waals surface area (Å²) in [6.45, 7) is 2.32. The maximum Gasteiger partial charge on any atom is 0.260 e. The fourth-order valence-electron chi connectivity index (χ4n) is 1.68. The molecule has 21 heavy (non-hydrogen) atoms. The summed E-state index contributed by atoms with van der Waals surface area (Å²) in [5.74, 6) is 0.184. The molecule has 0 radical (unpaired) electrons. The lowest BCUT2D eigenvalue weighted by molar-refractivity contribution is -0.133. The lowest BCUT2D eigenvalue weighted by Crippen LogP contribution is -2.36. The van der Waals surface area contributed by atoms with Crippen LogP contribution in [0.15, 0.2) is 18.2 Å². The Morgan fingerprint density at radius 1 is 1.29 bits per heavy atom. The van der Waals surface area contributed by atoms with Gasteiger partial charge >= 0.3 is 0 Å². The van der Waals surface area contributed by atoms with E-state index in [2.05, 4.69) is 0 Å². The minimum atomic E-state index is -0.266. The van der Waals surface area contributed by atoms with Crippen LogP contribution in [-0.2, 0) is 4.79 Å². The van der Waals surface area contributed by atoms with Gasteiger partial charge in [0, 0.05) is 13.1 Å². The molecule has 1 aromatic carbocycles. The van der Waals surface area contributed by atoms with Gasteiger partial charge in [0.2, 0.25) is 0 Å². The smallest absolute Gasteiger partial charge is 0.260 e. The molecule has 1 amide bonds. The number of hydrogen-bond donors (Lipinski definition) is 0. The molecule has 5 nitrogen and oxygen atoms in total. The third-order valence-corrected chi connectivity index (χ3v) is 3.09. The van der Waals surface area contributed by atoms with Crippen LogP contribution in [0.25, 0.3) is 0 Å². The van der Waals surface area contributed by atoms with Crippen molar-refractivity contribution >= 4 is 17.5 Å². The predicted octanol–water partition coefficient (Wildman–Crippen LogP) is 2.68. The highest BCUT2D eigenvalue weighted by Crippen LogP contribution is 2.25. The first kappa shape index (κ1) is 16.8. The highest BCUT2D eigenvalue weighted by Gasteiger charge is 2.14. The maximum atomic E-state index is 12.1. The molecule has 0 aliphatic rings. The van der Waals surface area contributed by atoms with E-state index in [4.69, 9.17) is 26.9 Å². The largest absolute Gasteiger partial charge is 0.482 e. The molecule has 0 aliphatic heterocycles. The van der Waals surface area contributed by atoms with Gasteiger partial charge in [0.1, 0.15) is 5.75 Å². The van der Waals surface area contributed by atoms with Gasteiger partial charge in [0.25, 0.3) is 5.91 Å². The molecule has 110 valence electrons. The molecule has 0 fully saturated rings. The van der Waals surface area contributed by atoms with Crippen LogP contribution in [-0.4, -0.2) is 30.5 Å². The van der Waals surface area contributed by atoms with E-state index < -0.39 is 0 Å². The van der Waals surface area contributed by atoms with Crippen LogP contribution >= 0.6 is 11.6 Å². The number of carbonyl (C=O) groups is 1. The first-order valence-electron chi connectivity index (χ1n) is 6.49. The number of ether oxygens (including phenoxy) is 1. The lowest BCUT2D eigenvalue weighted by atomic mass is 10.2. The van der Waals surface area contributed by atoms with Crippen molar-refractivity contribution in [3.8, 4) is 17.9 Å². The SMILES string of the molecule is Cc1ccc(Cl)c(OCC(=O)N(CCC#N)CCC#N)c1. The number of rotatable bonds is 7. The quantitative estimate of drug-likeness (QED) is 0.776. The van der Waals surface area contributed by atoms with E-state index in [0.29, 0.717) is 23.9 Å². The van der Waals surface area contributed by atoms with E-state index in [-0.39, 0.29) is 25.4 Å². The van der Waals surface area contributed by atoms with Gasteiger partial charge in [-0.15, -0.1) is 0 Å². The third-order valence-electron chi connectivity index (χ3n) is 2.78. The van der Waals surface area contributed by atoms with Crippen molar-refractivity contribution in [1.29, 1.82) is 10.5 Å². The van der Waals surface area contributed by atoms with E-state index in [1.807, 2.05) is 25.1 Å². The van der Waals surface area contributed by atoms with Crippen molar-refractivity contribution < 1.29 is 9.53 Å². The molecule has 0 bridgehead atoms. The van der Waals surface area contributed by atoms with Gasteiger partial charge in [0.15, 0.2) is 6.61 Å². The summed E-state index contributed by atoms with van der Waals surface area (Å²) in [5.41, 5.74) is 0.979. The zero-order valence-corrected chi connectivity index (χ0v) is 12.6. The van der Waals surface area contributed by atoms with Gasteiger partial charge in [-0.2, -0.15) is 10.5 Å². The molecule has 0 saturated heterocycles. The number of benzene rings is 1. The first-order chi connectivity index (χ1) is 10.1. The second kappa shape index (κ2) is 8.84. The predicted molar refractivity (Wildman–Crippen MR) is 78.7 cm³/mol. The Hall–Kier alpha value is -2.24. The van der Waals surface area contributed by atoms with Crippen LogP contribution in [0.4, 0.5) is 0 Å². The Kier molecular flexibility index (Phi) is 7.08. The number of nitriles is 2. The number of hydrogen-bond acceptors (Lipinski definition) is 4. The van der Waals surface area contributed by atoms with Gasteiger partial charge in [-0.05, 0) is 24.6 Å². The minimum absolute atomic E-state index is 0.167. The van der Waals surface area contributed by atoms with Gasteiger partial charge in [-0.25, -0.2) is 0 Å². The van der Waals surface area contributed by atoms with E-state index >= 15 is 0 Å². The Labute approximate surface area is 129 Å². The molecular weight excluding hydrogens is 290 g/mol. The van der Waals surface area contributed by atoms with E-state index in [1.165, 1.54) is 4.90 Å². The summed E-state index contributed by atoms with van der Waals surface area (Å²) in [6.07, 6.45) is 0.449. The van der Waals surface area contributed by atoms with Gasteiger partial charge < -0.3 is 9.64 Å². The van der Waals surface area contributed by atoms with E-state index in [0.717, 1.165) is 5.56 Å². The number of halogens is 1. The van der Waals surface area contributed by atoms with Crippen LogP contribution in [0.1, 0.15) is 18.4 Å². The van der Waals surface area contributed by atoms with E-state index in [9.17, 15) is 4.79 Å². The number of carbonyl (C=O) groups excluding carboxylic acids is 1. The Bertz CT molecular complexity index is 557. The molecule has 0 unspecified atom stereocenters. The first-order valence-corrected chi connectivity index (χ1v) is 6.87. The molecule has 0 aromatic heterocycles. The molecule has 0 heterocycles. The van der Waals surface area contributed by atoms with Gasteiger partial charge in [0.05, 0.1) is 30.0 Å². The molecule has 1 rings (SSSR count). The van der Waals surface area contributed by atoms with E-state index in [1.54, 1.807) is 12.1 Å². The topological polar surface area (TPSA) is 77.1 Å². The van der Waals surface area contributed by atoms with Gasteiger partial charge in [-0.3, -0.25) is 4.79 Å². The monoisotopic (exact) mass is 305 g/mol. The summed E-state index contributed by atoms with van der Waals surface area (Å²) < 4.78 is 5.43. The summed E-state index contributed by atoms with van der Waals surface area (Å²) in [5, 5.41) is 17.6. The standard InChI is InChI=1S/C15H16ClN3O2/c1-12-4-5-13(16)14(10-12)21-11-15(20)19(8-2-6-17)9-3-7-18/h4-5,10H,2-3,8-9,11H2,1H3. The number of aryl methyl sites for hydroxylation is 1. The second-order valence-corrected chi connectivity index (χ2v) is 4.83. The molecule has 1 aromatic rings. The molecule has 6 heteroatoms. The van der Waals surface area contributed by atoms with Gasteiger partial charge in [-0.1, -0.05) is 17.7 Å². The second-order valence-electron chi connectivity index (χ2n) is 4.42. The van der Waals surface area contributed by atoms with Crippen LogP contribution in [0.5, 0.6) is 5.75 Å². The number of nitrogens with zero attached hydrogens (tertiary/aromatic N) is 3.